The van der Waals surface area contributed by atoms with Crippen LogP contribution in [0.2, 0.25) is 0 Å². The molecule has 24 heavy (non-hydrogen) atoms. The molecule has 0 saturated carbocycles. The normalized spacial score (nSPS) is 19.2. The molecule has 1 heterocycles. The minimum atomic E-state index is -4.15. The Balaban J connectivity index is 1.79. The summed E-state index contributed by atoms with van der Waals surface area (Å²) >= 11 is 3.32. The van der Waals surface area contributed by atoms with E-state index in [4.69, 9.17) is 8.92 Å². The van der Waals surface area contributed by atoms with E-state index in [1.54, 1.807) is 36.4 Å². The lowest BCUT2D eigenvalue weighted by Crippen LogP contribution is -2.35. The lowest BCUT2D eigenvalue weighted by molar-refractivity contribution is 0.113. The molecule has 126 valence electrons. The number of nitrogens with zero attached hydrogens (tertiary/aromatic N) is 1. The fourth-order valence-corrected chi connectivity index (χ4v) is 3.76. The van der Waals surface area contributed by atoms with Gasteiger partial charge < -0.3 is 4.74 Å². The van der Waals surface area contributed by atoms with Gasteiger partial charge in [0.05, 0.1) is 6.61 Å². The SMILES string of the molecule is O=C(OCc1ccccc1)N1[C@H](c2ccc(Br)cc2)COS1(=O)=O. The van der Waals surface area contributed by atoms with E-state index in [2.05, 4.69) is 15.9 Å². The molecule has 1 aliphatic rings. The van der Waals surface area contributed by atoms with Crippen LogP contribution in [-0.2, 0) is 25.8 Å². The maximum absolute atomic E-state index is 12.3. The quantitative estimate of drug-likeness (QED) is 0.773. The Morgan fingerprint density at radius 2 is 1.83 bits per heavy atom. The minimum Gasteiger partial charge on any atom is -0.444 e. The van der Waals surface area contributed by atoms with Gasteiger partial charge in [-0.15, -0.1) is 0 Å². The predicted octanol–water partition coefficient (Wildman–Crippen LogP) is 3.40. The van der Waals surface area contributed by atoms with E-state index in [9.17, 15) is 13.2 Å². The van der Waals surface area contributed by atoms with Crippen LogP contribution in [0, 0.1) is 0 Å². The summed E-state index contributed by atoms with van der Waals surface area (Å²) in [5, 5.41) is 0. The second-order valence-electron chi connectivity index (χ2n) is 5.15. The first-order valence-corrected chi connectivity index (χ1v) is 9.28. The fourth-order valence-electron chi connectivity index (χ4n) is 2.35. The molecule has 0 N–H and O–H groups in total. The largest absolute Gasteiger partial charge is 0.444 e. The summed E-state index contributed by atoms with van der Waals surface area (Å²) in [4.78, 5) is 12.3. The van der Waals surface area contributed by atoms with Crippen molar-refractivity contribution in [1.29, 1.82) is 0 Å². The van der Waals surface area contributed by atoms with Crippen LogP contribution in [0.3, 0.4) is 0 Å². The van der Waals surface area contributed by atoms with E-state index < -0.39 is 22.4 Å². The molecule has 0 unspecified atom stereocenters. The summed E-state index contributed by atoms with van der Waals surface area (Å²) in [6, 6.07) is 15.3. The smallest absolute Gasteiger partial charge is 0.426 e. The van der Waals surface area contributed by atoms with Gasteiger partial charge >= 0.3 is 16.4 Å². The summed E-state index contributed by atoms with van der Waals surface area (Å²) in [6.45, 7) is -0.150. The van der Waals surface area contributed by atoms with Crippen molar-refractivity contribution in [2.24, 2.45) is 0 Å². The molecule has 1 atom stereocenters. The molecular weight excluding hydrogens is 398 g/mol. The minimum absolute atomic E-state index is 0.0151. The van der Waals surface area contributed by atoms with E-state index in [0.717, 1.165) is 10.0 Å². The van der Waals surface area contributed by atoms with E-state index in [-0.39, 0.29) is 13.2 Å². The van der Waals surface area contributed by atoms with Crippen LogP contribution >= 0.6 is 15.9 Å². The van der Waals surface area contributed by atoms with Crippen LogP contribution in [0.1, 0.15) is 17.2 Å². The van der Waals surface area contributed by atoms with Gasteiger partial charge in [-0.1, -0.05) is 58.4 Å². The van der Waals surface area contributed by atoms with Gasteiger partial charge in [0.2, 0.25) is 0 Å². The highest BCUT2D eigenvalue weighted by Gasteiger charge is 2.44. The first-order valence-electron chi connectivity index (χ1n) is 7.12. The molecule has 0 radical (unpaired) electrons. The highest BCUT2D eigenvalue weighted by molar-refractivity contribution is 9.10. The standard InChI is InChI=1S/C16H14BrNO5S/c17-14-8-6-13(7-9-14)15-11-23-24(20,21)18(15)16(19)22-10-12-4-2-1-3-5-12/h1-9,15H,10-11H2/t15-/m0/s1. The number of carbonyl (C=O) groups excluding carboxylic acids is 1. The third kappa shape index (κ3) is 3.61. The highest BCUT2D eigenvalue weighted by atomic mass is 79.9. The van der Waals surface area contributed by atoms with Crippen molar-refractivity contribution in [3.8, 4) is 0 Å². The molecule has 8 heteroatoms. The monoisotopic (exact) mass is 411 g/mol. The number of ether oxygens (including phenoxy) is 1. The Labute approximate surface area is 148 Å². The molecule has 1 amide bonds. The van der Waals surface area contributed by atoms with Crippen molar-refractivity contribution < 1.29 is 22.1 Å². The average Bonchev–Trinajstić information content (AvgIpc) is 2.90. The van der Waals surface area contributed by atoms with Crippen molar-refractivity contribution in [1.82, 2.24) is 4.31 Å². The molecule has 1 saturated heterocycles. The molecule has 6 nitrogen and oxygen atoms in total. The summed E-state index contributed by atoms with van der Waals surface area (Å²) < 4.78 is 35.6. The van der Waals surface area contributed by atoms with Gasteiger partial charge in [0, 0.05) is 4.47 Å². The first-order chi connectivity index (χ1) is 11.5. The van der Waals surface area contributed by atoms with Gasteiger partial charge in [-0.2, -0.15) is 12.7 Å². The summed E-state index contributed by atoms with van der Waals surface area (Å²) in [7, 11) is -4.15. The lowest BCUT2D eigenvalue weighted by Gasteiger charge is -2.20. The Morgan fingerprint density at radius 3 is 2.50 bits per heavy atom. The van der Waals surface area contributed by atoms with Crippen molar-refractivity contribution >= 4 is 32.3 Å². The molecule has 3 rings (SSSR count). The number of halogens is 1. The molecule has 2 aromatic carbocycles. The topological polar surface area (TPSA) is 72.9 Å². The maximum atomic E-state index is 12.3. The first kappa shape index (κ1) is 16.9. The molecule has 0 aliphatic carbocycles. The fraction of sp³-hybridized carbons (Fsp3) is 0.188. The zero-order valence-electron chi connectivity index (χ0n) is 12.5. The van der Waals surface area contributed by atoms with Crippen molar-refractivity contribution in [3.63, 3.8) is 0 Å². The van der Waals surface area contributed by atoms with E-state index in [1.807, 2.05) is 18.2 Å². The number of rotatable bonds is 3. The third-order valence-corrected chi connectivity index (χ3v) is 5.39. The van der Waals surface area contributed by atoms with Crippen LogP contribution in [0.5, 0.6) is 0 Å². The van der Waals surface area contributed by atoms with Gasteiger partial charge in [0.15, 0.2) is 0 Å². The van der Waals surface area contributed by atoms with Crippen LogP contribution in [0.15, 0.2) is 59.1 Å². The van der Waals surface area contributed by atoms with Crippen molar-refractivity contribution in [2.45, 2.75) is 12.6 Å². The third-order valence-electron chi connectivity index (χ3n) is 3.54. The lowest BCUT2D eigenvalue weighted by atomic mass is 10.1. The predicted molar refractivity (Wildman–Crippen MR) is 90.2 cm³/mol. The molecule has 0 aromatic heterocycles. The summed E-state index contributed by atoms with van der Waals surface area (Å²) in [6.07, 6.45) is -0.954. The number of carbonyl (C=O) groups is 1. The van der Waals surface area contributed by atoms with Crippen LogP contribution in [0.25, 0.3) is 0 Å². The van der Waals surface area contributed by atoms with E-state index in [1.165, 1.54) is 0 Å². The van der Waals surface area contributed by atoms with E-state index >= 15 is 0 Å². The van der Waals surface area contributed by atoms with Crippen molar-refractivity contribution in [2.75, 3.05) is 6.61 Å². The Hall–Kier alpha value is -1.90. The Morgan fingerprint density at radius 1 is 1.17 bits per heavy atom. The number of benzene rings is 2. The zero-order chi connectivity index (χ0) is 17.2. The van der Waals surface area contributed by atoms with Gasteiger partial charge in [-0.25, -0.2) is 4.79 Å². The molecule has 0 spiro atoms. The Bertz CT molecular complexity index is 823. The number of amides is 1. The zero-order valence-corrected chi connectivity index (χ0v) is 14.9. The van der Waals surface area contributed by atoms with Gasteiger partial charge in [-0.3, -0.25) is 4.18 Å². The van der Waals surface area contributed by atoms with Crippen molar-refractivity contribution in [3.05, 3.63) is 70.2 Å². The van der Waals surface area contributed by atoms with E-state index in [0.29, 0.717) is 9.87 Å². The molecule has 1 aliphatic heterocycles. The second kappa shape index (κ2) is 6.92. The van der Waals surface area contributed by atoms with Gasteiger partial charge in [-0.05, 0) is 23.3 Å². The second-order valence-corrected chi connectivity index (χ2v) is 7.55. The Kier molecular flexibility index (Phi) is 4.88. The molecule has 1 fully saturated rings. The number of hydrogen-bond donors (Lipinski definition) is 0. The average molecular weight is 412 g/mol. The summed E-state index contributed by atoms with van der Waals surface area (Å²) in [5.41, 5.74) is 1.42. The summed E-state index contributed by atoms with van der Waals surface area (Å²) in [5.74, 6) is 0. The number of hydrogen-bond acceptors (Lipinski definition) is 5. The van der Waals surface area contributed by atoms with Crippen LogP contribution in [0.4, 0.5) is 4.79 Å². The molecule has 2 aromatic rings. The molecule has 0 bridgehead atoms. The van der Waals surface area contributed by atoms with Crippen LogP contribution in [-0.4, -0.2) is 25.4 Å². The van der Waals surface area contributed by atoms with Gasteiger partial charge in [0.25, 0.3) is 0 Å². The van der Waals surface area contributed by atoms with Crippen LogP contribution < -0.4 is 0 Å². The maximum Gasteiger partial charge on any atom is 0.426 e. The molecular formula is C16H14BrNO5S. The van der Waals surface area contributed by atoms with Gasteiger partial charge in [0.1, 0.15) is 12.6 Å². The highest BCUT2D eigenvalue weighted by Crippen LogP contribution is 2.33.